The van der Waals surface area contributed by atoms with Crippen molar-refractivity contribution in [2.24, 2.45) is 0 Å². The summed E-state index contributed by atoms with van der Waals surface area (Å²) in [6.45, 7) is 5.82. The highest BCUT2D eigenvalue weighted by Gasteiger charge is 2.21. The van der Waals surface area contributed by atoms with E-state index in [4.69, 9.17) is 4.74 Å². The average Bonchev–Trinajstić information content (AvgIpc) is 3.00. The minimum atomic E-state index is -0.654. The van der Waals surface area contributed by atoms with Crippen molar-refractivity contribution in [2.75, 3.05) is 12.4 Å². The molecule has 0 aliphatic carbocycles. The van der Waals surface area contributed by atoms with Crippen LogP contribution < -0.4 is 10.1 Å². The fourth-order valence-electron chi connectivity index (χ4n) is 3.08. The number of methoxy groups -OCH3 is 1. The molecule has 25 heavy (non-hydrogen) atoms. The van der Waals surface area contributed by atoms with Gasteiger partial charge in [0.25, 0.3) is 11.7 Å². The zero-order chi connectivity index (χ0) is 18.1. The topological polar surface area (TPSA) is 71.2 Å². The van der Waals surface area contributed by atoms with E-state index < -0.39 is 11.7 Å². The smallest absolute Gasteiger partial charge is 0.296 e. The molecule has 0 fully saturated rings. The first-order valence-electron chi connectivity index (χ1n) is 7.99. The lowest BCUT2D eigenvalue weighted by Gasteiger charge is -2.12. The van der Waals surface area contributed by atoms with Gasteiger partial charge in [0.2, 0.25) is 0 Å². The molecule has 0 bridgehead atoms. The minimum absolute atomic E-state index is 0.328. The molecule has 0 saturated heterocycles. The van der Waals surface area contributed by atoms with E-state index >= 15 is 0 Å². The van der Waals surface area contributed by atoms with Crippen molar-refractivity contribution in [1.29, 1.82) is 0 Å². The lowest BCUT2D eigenvalue weighted by atomic mass is 10.0. The predicted octanol–water partition coefficient (Wildman–Crippen LogP) is 3.92. The highest BCUT2D eigenvalue weighted by atomic mass is 16.5. The average molecular weight is 336 g/mol. The lowest BCUT2D eigenvalue weighted by Crippen LogP contribution is -2.23. The number of hydrogen-bond donors (Lipinski definition) is 2. The van der Waals surface area contributed by atoms with E-state index in [2.05, 4.69) is 10.3 Å². The number of carbonyl (C=O) groups excluding carboxylic acids is 2. The van der Waals surface area contributed by atoms with Crippen LogP contribution >= 0.6 is 0 Å². The number of hydrogen-bond acceptors (Lipinski definition) is 3. The van der Waals surface area contributed by atoms with Crippen LogP contribution in [0.2, 0.25) is 0 Å². The van der Waals surface area contributed by atoms with Crippen LogP contribution in [-0.4, -0.2) is 23.8 Å². The van der Waals surface area contributed by atoms with Crippen LogP contribution in [0.4, 0.5) is 5.69 Å². The Morgan fingerprint density at radius 3 is 2.36 bits per heavy atom. The van der Waals surface area contributed by atoms with Gasteiger partial charge in [0.1, 0.15) is 5.75 Å². The fraction of sp³-hybridized carbons (Fsp3) is 0.200. The van der Waals surface area contributed by atoms with Crippen LogP contribution in [0, 0.1) is 20.8 Å². The van der Waals surface area contributed by atoms with Crippen LogP contribution in [0.25, 0.3) is 10.9 Å². The number of aromatic amines is 1. The van der Waals surface area contributed by atoms with E-state index in [0.717, 1.165) is 22.2 Å². The first-order chi connectivity index (χ1) is 11.9. The van der Waals surface area contributed by atoms with Crippen LogP contribution in [0.15, 0.2) is 36.5 Å². The standard InChI is InChI=1S/C20H20N2O3/c1-11-7-12(2)18(13(3)8-11)22-20(24)19(23)16-10-21-17-6-5-14(25-4)9-15(16)17/h5-10,21H,1-4H3,(H,22,24). The molecule has 128 valence electrons. The van der Waals surface area contributed by atoms with Gasteiger partial charge in [-0.1, -0.05) is 17.7 Å². The molecule has 3 aromatic rings. The molecule has 0 saturated carbocycles. The Balaban J connectivity index is 1.92. The molecule has 0 aliphatic heterocycles. The largest absolute Gasteiger partial charge is 0.497 e. The SMILES string of the molecule is COc1ccc2[nH]cc(C(=O)C(=O)Nc3c(C)cc(C)cc3C)c2c1. The molecule has 1 aromatic heterocycles. The number of ketones is 1. The zero-order valence-electron chi connectivity index (χ0n) is 14.7. The number of nitrogens with one attached hydrogen (secondary N) is 2. The maximum absolute atomic E-state index is 12.6. The summed E-state index contributed by atoms with van der Waals surface area (Å²) in [5.41, 5.74) is 4.76. The van der Waals surface area contributed by atoms with E-state index in [1.165, 1.54) is 0 Å². The maximum Gasteiger partial charge on any atom is 0.296 e. The number of H-pyrrole nitrogens is 1. The van der Waals surface area contributed by atoms with E-state index in [-0.39, 0.29) is 0 Å². The number of anilines is 1. The molecule has 1 heterocycles. The normalized spacial score (nSPS) is 10.7. The maximum atomic E-state index is 12.6. The van der Waals surface area contributed by atoms with Gasteiger partial charge in [0, 0.05) is 22.8 Å². The van der Waals surface area contributed by atoms with Crippen molar-refractivity contribution in [2.45, 2.75) is 20.8 Å². The molecule has 2 aromatic carbocycles. The summed E-state index contributed by atoms with van der Waals surface area (Å²) in [7, 11) is 1.56. The molecular weight excluding hydrogens is 316 g/mol. The summed E-state index contributed by atoms with van der Waals surface area (Å²) in [5.74, 6) is -0.607. The number of rotatable bonds is 4. The van der Waals surface area contributed by atoms with Crippen molar-refractivity contribution < 1.29 is 14.3 Å². The number of aromatic nitrogens is 1. The zero-order valence-corrected chi connectivity index (χ0v) is 14.7. The Bertz CT molecular complexity index is 963. The van der Waals surface area contributed by atoms with E-state index in [9.17, 15) is 9.59 Å². The molecule has 5 nitrogen and oxygen atoms in total. The van der Waals surface area contributed by atoms with Gasteiger partial charge in [-0.05, 0) is 50.1 Å². The summed E-state index contributed by atoms with van der Waals surface area (Å²) >= 11 is 0. The van der Waals surface area contributed by atoms with Gasteiger partial charge < -0.3 is 15.0 Å². The lowest BCUT2D eigenvalue weighted by molar-refractivity contribution is -0.112. The molecule has 0 radical (unpaired) electrons. The number of Topliss-reactive ketones (excluding diaryl/α,β-unsaturated/α-hetero) is 1. The van der Waals surface area contributed by atoms with E-state index in [0.29, 0.717) is 22.4 Å². The number of carbonyl (C=O) groups is 2. The monoisotopic (exact) mass is 336 g/mol. The third-order valence-corrected chi connectivity index (χ3v) is 4.26. The Labute approximate surface area is 146 Å². The van der Waals surface area contributed by atoms with Gasteiger partial charge in [0.05, 0.1) is 12.7 Å². The second-order valence-electron chi connectivity index (χ2n) is 6.17. The van der Waals surface area contributed by atoms with Crippen molar-refractivity contribution in [3.05, 3.63) is 58.8 Å². The van der Waals surface area contributed by atoms with E-state index in [1.54, 1.807) is 25.4 Å². The number of benzene rings is 2. The molecular formula is C20H20N2O3. The third-order valence-electron chi connectivity index (χ3n) is 4.26. The van der Waals surface area contributed by atoms with Gasteiger partial charge in [-0.2, -0.15) is 0 Å². The van der Waals surface area contributed by atoms with Gasteiger partial charge in [-0.25, -0.2) is 0 Å². The molecule has 1 amide bonds. The van der Waals surface area contributed by atoms with Gasteiger partial charge in [-0.15, -0.1) is 0 Å². The van der Waals surface area contributed by atoms with Crippen molar-refractivity contribution in [1.82, 2.24) is 4.98 Å². The summed E-state index contributed by atoms with van der Waals surface area (Å²) < 4.78 is 5.20. The first kappa shape index (κ1) is 16.8. The third kappa shape index (κ3) is 3.13. The summed E-state index contributed by atoms with van der Waals surface area (Å²) in [6, 6.07) is 9.31. The second kappa shape index (κ2) is 6.43. The Hall–Kier alpha value is -3.08. The highest BCUT2D eigenvalue weighted by molar-refractivity contribution is 6.48. The number of fused-ring (bicyclic) bond motifs is 1. The van der Waals surface area contributed by atoms with Crippen LogP contribution in [0.1, 0.15) is 27.0 Å². The number of amides is 1. The summed E-state index contributed by atoms with van der Waals surface area (Å²) in [5, 5.41) is 3.42. The first-order valence-corrected chi connectivity index (χ1v) is 7.99. The Morgan fingerprint density at radius 1 is 1.04 bits per heavy atom. The molecule has 5 heteroatoms. The van der Waals surface area contributed by atoms with Crippen LogP contribution in [0.3, 0.4) is 0 Å². The Kier molecular flexibility index (Phi) is 4.31. The number of aryl methyl sites for hydroxylation is 3. The molecule has 3 rings (SSSR count). The van der Waals surface area contributed by atoms with Crippen molar-refractivity contribution in [3.8, 4) is 5.75 Å². The van der Waals surface area contributed by atoms with Crippen molar-refractivity contribution >= 4 is 28.3 Å². The number of ether oxygens (including phenoxy) is 1. The quantitative estimate of drug-likeness (QED) is 0.560. The molecule has 0 atom stereocenters. The molecule has 2 N–H and O–H groups in total. The second-order valence-corrected chi connectivity index (χ2v) is 6.17. The predicted molar refractivity (Wildman–Crippen MR) is 98.5 cm³/mol. The van der Waals surface area contributed by atoms with Gasteiger partial charge in [-0.3, -0.25) is 9.59 Å². The van der Waals surface area contributed by atoms with Gasteiger partial charge >= 0.3 is 0 Å². The van der Waals surface area contributed by atoms with Crippen LogP contribution in [0.5, 0.6) is 5.75 Å². The van der Waals surface area contributed by atoms with Gasteiger partial charge in [0.15, 0.2) is 0 Å². The fourth-order valence-corrected chi connectivity index (χ4v) is 3.08. The minimum Gasteiger partial charge on any atom is -0.497 e. The Morgan fingerprint density at radius 2 is 1.72 bits per heavy atom. The van der Waals surface area contributed by atoms with E-state index in [1.807, 2.05) is 39.0 Å². The van der Waals surface area contributed by atoms with Crippen molar-refractivity contribution in [3.63, 3.8) is 0 Å². The molecule has 0 aliphatic rings. The summed E-state index contributed by atoms with van der Waals surface area (Å²) in [4.78, 5) is 28.1. The molecule has 0 spiro atoms. The highest BCUT2D eigenvalue weighted by Crippen LogP contribution is 2.25. The van der Waals surface area contributed by atoms with Crippen LogP contribution in [-0.2, 0) is 4.79 Å². The molecule has 0 unspecified atom stereocenters. The summed E-state index contributed by atoms with van der Waals surface area (Å²) in [6.07, 6.45) is 1.56.